The zero-order chi connectivity index (χ0) is 23.2. The molecular formula is C21H45N7O3. The standard InChI is InChI=1S/C21H45N7O3/c1-4-25-19(29)7-10-22-12-13-24-15-18-28(16-9-21(31)27-6-3)17-14-23-11-8-20(30)26-5-2/h22-24H,4-18H2,1-3H3,(H,25,29)(H,26,30)(H,27,31). The Kier molecular flexibility index (Phi) is 20.3. The fraction of sp³-hybridized carbons (Fsp3) is 0.857. The molecule has 31 heavy (non-hydrogen) atoms. The number of rotatable bonds is 21. The van der Waals surface area contributed by atoms with Crippen molar-refractivity contribution in [3.8, 4) is 0 Å². The van der Waals surface area contributed by atoms with Gasteiger partial charge in [-0.2, -0.15) is 0 Å². The third kappa shape index (κ3) is 19.9. The first kappa shape index (κ1) is 29.2. The molecule has 0 radical (unpaired) electrons. The van der Waals surface area contributed by atoms with Crippen LogP contribution in [0.3, 0.4) is 0 Å². The van der Waals surface area contributed by atoms with Gasteiger partial charge in [-0.25, -0.2) is 0 Å². The SMILES string of the molecule is CCNC(=O)CCNCCNCCN(CCNCCC(=O)NCC)CCC(=O)NCC. The second kappa shape index (κ2) is 21.5. The molecule has 0 bridgehead atoms. The largest absolute Gasteiger partial charge is 0.356 e. The van der Waals surface area contributed by atoms with Gasteiger partial charge in [-0.05, 0) is 20.8 Å². The van der Waals surface area contributed by atoms with Gasteiger partial charge in [-0.3, -0.25) is 14.4 Å². The average molecular weight is 444 g/mol. The van der Waals surface area contributed by atoms with Gasteiger partial charge in [0.1, 0.15) is 0 Å². The van der Waals surface area contributed by atoms with Crippen LogP contribution in [0.15, 0.2) is 0 Å². The molecule has 0 saturated carbocycles. The lowest BCUT2D eigenvalue weighted by Crippen LogP contribution is -2.40. The van der Waals surface area contributed by atoms with E-state index in [1.54, 1.807) is 0 Å². The van der Waals surface area contributed by atoms with E-state index in [-0.39, 0.29) is 17.7 Å². The molecule has 0 fully saturated rings. The van der Waals surface area contributed by atoms with Crippen molar-refractivity contribution in [2.45, 2.75) is 40.0 Å². The fourth-order valence-electron chi connectivity index (χ4n) is 2.88. The minimum Gasteiger partial charge on any atom is -0.356 e. The first-order valence-corrected chi connectivity index (χ1v) is 11.7. The van der Waals surface area contributed by atoms with Crippen molar-refractivity contribution in [2.24, 2.45) is 0 Å². The van der Waals surface area contributed by atoms with Crippen LogP contribution in [-0.4, -0.2) is 101 Å². The molecule has 0 spiro atoms. The van der Waals surface area contributed by atoms with Crippen LogP contribution in [0.5, 0.6) is 0 Å². The summed E-state index contributed by atoms with van der Waals surface area (Å²) in [5.74, 6) is 0.207. The second-order valence-corrected chi connectivity index (χ2v) is 7.20. The normalized spacial score (nSPS) is 10.8. The summed E-state index contributed by atoms with van der Waals surface area (Å²) in [6.45, 7) is 14.6. The summed E-state index contributed by atoms with van der Waals surface area (Å²) in [4.78, 5) is 36.9. The van der Waals surface area contributed by atoms with Crippen LogP contribution >= 0.6 is 0 Å². The predicted molar refractivity (Wildman–Crippen MR) is 125 cm³/mol. The molecule has 0 aromatic rings. The lowest BCUT2D eigenvalue weighted by molar-refractivity contribution is -0.122. The van der Waals surface area contributed by atoms with Crippen LogP contribution in [-0.2, 0) is 14.4 Å². The third-order valence-corrected chi connectivity index (χ3v) is 4.52. The highest BCUT2D eigenvalue weighted by Gasteiger charge is 2.08. The number of carbonyl (C=O) groups is 3. The topological polar surface area (TPSA) is 127 Å². The van der Waals surface area contributed by atoms with Crippen molar-refractivity contribution >= 4 is 17.7 Å². The van der Waals surface area contributed by atoms with Crippen LogP contribution in [0.4, 0.5) is 0 Å². The average Bonchev–Trinajstić information content (AvgIpc) is 2.73. The minimum absolute atomic E-state index is 0.0619. The van der Waals surface area contributed by atoms with E-state index >= 15 is 0 Å². The number of hydrogen-bond acceptors (Lipinski definition) is 7. The summed E-state index contributed by atoms with van der Waals surface area (Å²) in [6.07, 6.45) is 1.45. The molecule has 6 N–H and O–H groups in total. The van der Waals surface area contributed by atoms with Gasteiger partial charge in [0, 0.05) is 97.8 Å². The van der Waals surface area contributed by atoms with Gasteiger partial charge in [-0.1, -0.05) is 0 Å². The highest BCUT2D eigenvalue weighted by atomic mass is 16.2. The minimum atomic E-state index is 0.0619. The molecule has 0 aliphatic carbocycles. The van der Waals surface area contributed by atoms with E-state index in [1.165, 1.54) is 0 Å². The predicted octanol–water partition coefficient (Wildman–Crippen LogP) is -1.36. The molecule has 0 saturated heterocycles. The summed E-state index contributed by atoms with van der Waals surface area (Å²) < 4.78 is 0. The van der Waals surface area contributed by atoms with Gasteiger partial charge in [0.25, 0.3) is 0 Å². The molecule has 0 atom stereocenters. The Morgan fingerprint density at radius 1 is 0.516 bits per heavy atom. The highest BCUT2D eigenvalue weighted by molar-refractivity contribution is 5.76. The van der Waals surface area contributed by atoms with E-state index in [9.17, 15) is 14.4 Å². The van der Waals surface area contributed by atoms with Crippen LogP contribution in [0, 0.1) is 0 Å². The van der Waals surface area contributed by atoms with Crippen molar-refractivity contribution < 1.29 is 14.4 Å². The van der Waals surface area contributed by atoms with Gasteiger partial charge in [0.05, 0.1) is 0 Å². The Balaban J connectivity index is 3.98. The maximum atomic E-state index is 11.8. The first-order valence-electron chi connectivity index (χ1n) is 11.7. The van der Waals surface area contributed by atoms with E-state index in [1.807, 2.05) is 20.8 Å². The third-order valence-electron chi connectivity index (χ3n) is 4.52. The van der Waals surface area contributed by atoms with Gasteiger partial charge >= 0.3 is 0 Å². The number of carbonyl (C=O) groups excluding carboxylic acids is 3. The quantitative estimate of drug-likeness (QED) is 0.121. The molecule has 0 aromatic heterocycles. The smallest absolute Gasteiger partial charge is 0.221 e. The summed E-state index contributed by atoms with van der Waals surface area (Å²) in [5, 5.41) is 18.3. The molecule has 10 nitrogen and oxygen atoms in total. The summed E-state index contributed by atoms with van der Waals surface area (Å²) >= 11 is 0. The lowest BCUT2D eigenvalue weighted by Gasteiger charge is -2.22. The Morgan fingerprint density at radius 3 is 1.35 bits per heavy atom. The molecule has 10 heteroatoms. The van der Waals surface area contributed by atoms with Crippen LogP contribution in [0.1, 0.15) is 40.0 Å². The van der Waals surface area contributed by atoms with Crippen LogP contribution < -0.4 is 31.9 Å². The maximum Gasteiger partial charge on any atom is 0.221 e. The Bertz CT molecular complexity index is 478. The van der Waals surface area contributed by atoms with Gasteiger partial charge < -0.3 is 36.8 Å². The van der Waals surface area contributed by atoms with Crippen molar-refractivity contribution in [2.75, 3.05) is 78.5 Å². The molecule has 0 aromatic carbocycles. The molecular weight excluding hydrogens is 398 g/mol. The van der Waals surface area contributed by atoms with E-state index in [0.29, 0.717) is 58.5 Å². The molecule has 0 aliphatic rings. The highest BCUT2D eigenvalue weighted by Crippen LogP contribution is 1.92. The van der Waals surface area contributed by atoms with E-state index in [2.05, 4.69) is 36.8 Å². The maximum absolute atomic E-state index is 11.8. The van der Waals surface area contributed by atoms with Gasteiger partial charge in [-0.15, -0.1) is 0 Å². The van der Waals surface area contributed by atoms with Crippen LogP contribution in [0.25, 0.3) is 0 Å². The zero-order valence-corrected chi connectivity index (χ0v) is 19.8. The number of amides is 3. The van der Waals surface area contributed by atoms with Crippen molar-refractivity contribution in [3.05, 3.63) is 0 Å². The molecule has 0 unspecified atom stereocenters. The van der Waals surface area contributed by atoms with Crippen molar-refractivity contribution in [3.63, 3.8) is 0 Å². The molecule has 182 valence electrons. The summed E-state index contributed by atoms with van der Waals surface area (Å²) in [5.41, 5.74) is 0. The van der Waals surface area contributed by atoms with Gasteiger partial charge in [0.2, 0.25) is 17.7 Å². The fourth-order valence-corrected chi connectivity index (χ4v) is 2.88. The second-order valence-electron chi connectivity index (χ2n) is 7.20. The first-order chi connectivity index (χ1) is 15.0. The van der Waals surface area contributed by atoms with E-state index in [4.69, 9.17) is 0 Å². The number of nitrogens with zero attached hydrogens (tertiary/aromatic N) is 1. The molecule has 0 aliphatic heterocycles. The zero-order valence-electron chi connectivity index (χ0n) is 19.8. The Morgan fingerprint density at radius 2 is 0.903 bits per heavy atom. The number of hydrogen-bond donors (Lipinski definition) is 6. The van der Waals surface area contributed by atoms with E-state index in [0.717, 1.165) is 39.3 Å². The van der Waals surface area contributed by atoms with Crippen LogP contribution in [0.2, 0.25) is 0 Å². The molecule has 3 amide bonds. The number of nitrogens with one attached hydrogen (secondary N) is 6. The summed E-state index contributed by atoms with van der Waals surface area (Å²) in [7, 11) is 0. The Labute approximate surface area is 188 Å². The Hall–Kier alpha value is -1.75. The summed E-state index contributed by atoms with van der Waals surface area (Å²) in [6, 6.07) is 0. The lowest BCUT2D eigenvalue weighted by atomic mass is 10.3. The molecule has 0 rings (SSSR count). The molecule has 0 heterocycles. The van der Waals surface area contributed by atoms with Crippen molar-refractivity contribution in [1.82, 2.24) is 36.8 Å². The van der Waals surface area contributed by atoms with E-state index < -0.39 is 0 Å². The monoisotopic (exact) mass is 443 g/mol. The van der Waals surface area contributed by atoms with Crippen molar-refractivity contribution in [1.29, 1.82) is 0 Å². The van der Waals surface area contributed by atoms with Gasteiger partial charge in [0.15, 0.2) is 0 Å².